The smallest absolute Gasteiger partial charge is 0.262 e. The maximum absolute atomic E-state index is 12.6. The van der Waals surface area contributed by atoms with Crippen molar-refractivity contribution in [3.05, 3.63) is 11.3 Å². The molecule has 1 atom stereocenters. The van der Waals surface area contributed by atoms with E-state index in [1.54, 1.807) is 14.2 Å². The third-order valence-corrected chi connectivity index (χ3v) is 5.25. The Bertz CT molecular complexity index is 540. The predicted molar refractivity (Wildman–Crippen MR) is 70.3 cm³/mol. The van der Waals surface area contributed by atoms with Crippen LogP contribution in [0.25, 0.3) is 0 Å². The molecular formula is C11H20N4O3S. The molecule has 7 nitrogen and oxygen atoms in total. The summed E-state index contributed by atoms with van der Waals surface area (Å²) >= 11 is 0. The van der Waals surface area contributed by atoms with Crippen LogP contribution in [-0.2, 0) is 21.3 Å². The zero-order valence-corrected chi connectivity index (χ0v) is 12.2. The molecule has 0 amide bonds. The van der Waals surface area contributed by atoms with Gasteiger partial charge in [0.25, 0.3) is 10.0 Å². The van der Waals surface area contributed by atoms with Gasteiger partial charge < -0.3 is 10.1 Å². The van der Waals surface area contributed by atoms with Gasteiger partial charge in [0.05, 0.1) is 6.10 Å². The fourth-order valence-corrected chi connectivity index (χ4v) is 3.91. The Morgan fingerprint density at radius 1 is 1.58 bits per heavy atom. The van der Waals surface area contributed by atoms with Gasteiger partial charge in [-0.3, -0.25) is 5.10 Å². The summed E-state index contributed by atoms with van der Waals surface area (Å²) in [4.78, 5) is 0. The van der Waals surface area contributed by atoms with E-state index in [9.17, 15) is 8.42 Å². The zero-order valence-electron chi connectivity index (χ0n) is 11.4. The van der Waals surface area contributed by atoms with E-state index in [-0.39, 0.29) is 11.1 Å². The third kappa shape index (κ3) is 2.66. The Hall–Kier alpha value is -0.960. The highest BCUT2D eigenvalue weighted by Crippen LogP contribution is 2.24. The second-order valence-electron chi connectivity index (χ2n) is 4.67. The van der Waals surface area contributed by atoms with Crippen molar-refractivity contribution < 1.29 is 13.2 Å². The normalized spacial score (nSPS) is 21.1. The fraction of sp³-hybridized carbons (Fsp3) is 0.727. The molecule has 0 aliphatic carbocycles. The number of methoxy groups -OCH3 is 1. The molecule has 1 aromatic heterocycles. The molecule has 0 bridgehead atoms. The molecule has 1 saturated heterocycles. The maximum Gasteiger partial charge on any atom is 0.262 e. The molecule has 1 aliphatic rings. The summed E-state index contributed by atoms with van der Waals surface area (Å²) in [7, 11) is -0.162. The van der Waals surface area contributed by atoms with Crippen LogP contribution >= 0.6 is 0 Å². The number of nitrogens with one attached hydrogen (secondary N) is 2. The lowest BCUT2D eigenvalue weighted by molar-refractivity contribution is 0.115. The van der Waals surface area contributed by atoms with Crippen LogP contribution in [0.15, 0.2) is 5.03 Å². The molecule has 0 aromatic carbocycles. The lowest BCUT2D eigenvalue weighted by Crippen LogP contribution is -2.31. The van der Waals surface area contributed by atoms with Crippen LogP contribution in [0.5, 0.6) is 0 Å². The first-order valence-electron chi connectivity index (χ1n) is 6.22. The molecule has 1 unspecified atom stereocenters. The van der Waals surface area contributed by atoms with Gasteiger partial charge >= 0.3 is 0 Å². The average molecular weight is 288 g/mol. The first-order chi connectivity index (χ1) is 9.00. The molecule has 1 aromatic rings. The second kappa shape index (κ2) is 5.58. The molecule has 108 valence electrons. The molecule has 0 saturated carbocycles. The van der Waals surface area contributed by atoms with Crippen molar-refractivity contribution in [1.29, 1.82) is 0 Å². The lowest BCUT2D eigenvalue weighted by Gasteiger charge is -2.15. The van der Waals surface area contributed by atoms with E-state index in [2.05, 4.69) is 15.5 Å². The van der Waals surface area contributed by atoms with Crippen LogP contribution in [0.2, 0.25) is 0 Å². The molecule has 2 rings (SSSR count). The quantitative estimate of drug-likeness (QED) is 0.786. The number of H-pyrrole nitrogens is 1. The minimum Gasteiger partial charge on any atom is -0.380 e. The van der Waals surface area contributed by atoms with E-state index in [1.165, 1.54) is 4.31 Å². The fourth-order valence-electron chi connectivity index (χ4n) is 2.26. The Labute approximate surface area is 113 Å². The number of ether oxygens (including phenoxy) is 1. The van der Waals surface area contributed by atoms with Crippen molar-refractivity contribution in [3.8, 4) is 0 Å². The van der Waals surface area contributed by atoms with E-state index in [0.29, 0.717) is 25.2 Å². The van der Waals surface area contributed by atoms with Gasteiger partial charge in [-0.05, 0) is 20.4 Å². The summed E-state index contributed by atoms with van der Waals surface area (Å²) < 4.78 is 31.8. The van der Waals surface area contributed by atoms with Gasteiger partial charge in [0, 0.05) is 38.0 Å². The van der Waals surface area contributed by atoms with Crippen LogP contribution in [0.3, 0.4) is 0 Å². The highest BCUT2D eigenvalue weighted by Gasteiger charge is 2.35. The van der Waals surface area contributed by atoms with Crippen molar-refractivity contribution in [2.45, 2.75) is 31.0 Å². The number of aromatic nitrogens is 2. The number of aryl methyl sites for hydroxylation is 1. The van der Waals surface area contributed by atoms with Gasteiger partial charge in [-0.25, -0.2) is 8.42 Å². The lowest BCUT2D eigenvalue weighted by atomic mass is 10.3. The van der Waals surface area contributed by atoms with E-state index in [0.717, 1.165) is 12.1 Å². The van der Waals surface area contributed by atoms with E-state index >= 15 is 0 Å². The summed E-state index contributed by atoms with van der Waals surface area (Å²) in [6, 6.07) is 0. The third-order valence-electron chi connectivity index (χ3n) is 3.41. The summed E-state index contributed by atoms with van der Waals surface area (Å²) in [5.74, 6) is 0. The zero-order chi connectivity index (χ0) is 14.0. The van der Waals surface area contributed by atoms with Crippen LogP contribution in [0, 0.1) is 6.92 Å². The van der Waals surface area contributed by atoms with Crippen LogP contribution in [0.4, 0.5) is 0 Å². The van der Waals surface area contributed by atoms with E-state index < -0.39 is 10.0 Å². The molecule has 0 spiro atoms. The van der Waals surface area contributed by atoms with Crippen LogP contribution in [-0.4, -0.2) is 56.3 Å². The summed E-state index contributed by atoms with van der Waals surface area (Å²) in [6.45, 7) is 3.16. The molecule has 1 fully saturated rings. The van der Waals surface area contributed by atoms with E-state index in [4.69, 9.17) is 4.74 Å². The minimum atomic E-state index is -3.54. The molecular weight excluding hydrogens is 268 g/mol. The number of rotatable bonds is 5. The Morgan fingerprint density at radius 3 is 2.89 bits per heavy atom. The Kier molecular flexibility index (Phi) is 4.24. The highest BCUT2D eigenvalue weighted by atomic mass is 32.2. The molecule has 2 N–H and O–H groups in total. The largest absolute Gasteiger partial charge is 0.380 e. The minimum absolute atomic E-state index is 0.0254. The molecule has 2 heterocycles. The van der Waals surface area contributed by atoms with Gasteiger partial charge in [0.1, 0.15) is 0 Å². The van der Waals surface area contributed by atoms with Gasteiger partial charge in [-0.15, -0.1) is 0 Å². The number of aromatic amines is 1. The summed E-state index contributed by atoms with van der Waals surface area (Å²) in [5, 5.41) is 9.80. The van der Waals surface area contributed by atoms with Gasteiger partial charge in [0.2, 0.25) is 0 Å². The van der Waals surface area contributed by atoms with Crippen molar-refractivity contribution in [2.24, 2.45) is 0 Å². The standard InChI is InChI=1S/C11H20N4O3S/c1-8-10(6-12-2)11(14-13-8)19(16,17)15-5-4-9(7-15)18-3/h9,12H,4-7H2,1-3H3,(H,13,14). The number of hydrogen-bond acceptors (Lipinski definition) is 5. The van der Waals surface area contributed by atoms with Crippen molar-refractivity contribution >= 4 is 10.0 Å². The predicted octanol–water partition coefficient (Wildman–Crippen LogP) is -0.153. The monoisotopic (exact) mass is 288 g/mol. The molecule has 8 heteroatoms. The van der Waals surface area contributed by atoms with E-state index in [1.807, 2.05) is 6.92 Å². The molecule has 1 aliphatic heterocycles. The number of sulfonamides is 1. The number of hydrogen-bond donors (Lipinski definition) is 2. The molecule has 0 radical (unpaired) electrons. The van der Waals surface area contributed by atoms with Crippen LogP contribution < -0.4 is 5.32 Å². The van der Waals surface area contributed by atoms with Gasteiger partial charge in [-0.1, -0.05) is 0 Å². The molecule has 19 heavy (non-hydrogen) atoms. The topological polar surface area (TPSA) is 87.3 Å². The average Bonchev–Trinajstić information content (AvgIpc) is 2.98. The second-order valence-corrected chi connectivity index (χ2v) is 6.53. The van der Waals surface area contributed by atoms with Crippen molar-refractivity contribution in [2.75, 3.05) is 27.2 Å². The first-order valence-corrected chi connectivity index (χ1v) is 7.66. The van der Waals surface area contributed by atoms with Crippen molar-refractivity contribution in [1.82, 2.24) is 19.8 Å². The van der Waals surface area contributed by atoms with Crippen LogP contribution in [0.1, 0.15) is 17.7 Å². The van der Waals surface area contributed by atoms with Gasteiger partial charge in [0.15, 0.2) is 5.03 Å². The summed E-state index contributed by atoms with van der Waals surface area (Å²) in [5.41, 5.74) is 1.47. The maximum atomic E-state index is 12.6. The Morgan fingerprint density at radius 2 is 2.32 bits per heavy atom. The Balaban J connectivity index is 2.30. The summed E-state index contributed by atoms with van der Waals surface area (Å²) in [6.07, 6.45) is 0.697. The van der Waals surface area contributed by atoms with Gasteiger partial charge in [-0.2, -0.15) is 9.40 Å². The first kappa shape index (κ1) is 14.4. The number of nitrogens with zero attached hydrogens (tertiary/aromatic N) is 2. The SMILES string of the molecule is CNCc1c(S(=O)(=O)N2CCC(OC)C2)n[nH]c1C. The highest BCUT2D eigenvalue weighted by molar-refractivity contribution is 7.89. The van der Waals surface area contributed by atoms with Crippen molar-refractivity contribution in [3.63, 3.8) is 0 Å².